The van der Waals surface area contributed by atoms with Crippen LogP contribution in [0.5, 0.6) is 0 Å². The Hall–Kier alpha value is -3.62. The van der Waals surface area contributed by atoms with Gasteiger partial charge in [-0.05, 0) is 113 Å². The zero-order chi connectivity index (χ0) is 64.2. The van der Waals surface area contributed by atoms with Crippen molar-refractivity contribution in [3.63, 3.8) is 0 Å². The lowest BCUT2D eigenvalue weighted by Gasteiger charge is -2.47. The number of nitrogens with two attached hydrogens (primary N) is 2. The van der Waals surface area contributed by atoms with Crippen LogP contribution >= 0.6 is 0 Å². The van der Waals surface area contributed by atoms with Gasteiger partial charge in [0.1, 0.15) is 53.7 Å². The molecule has 1 fully saturated rings. The van der Waals surface area contributed by atoms with Crippen LogP contribution in [0.15, 0.2) is 0 Å². The molecule has 0 aromatic rings. The molecule has 1 aliphatic heterocycles. The highest BCUT2D eigenvalue weighted by Crippen LogP contribution is 2.27. The van der Waals surface area contributed by atoms with E-state index in [9.17, 15) is 44.1 Å². The van der Waals surface area contributed by atoms with E-state index in [0.717, 1.165) is 51.4 Å². The Bertz CT molecular complexity index is 1800. The Morgan fingerprint density at radius 2 is 0.953 bits per heavy atom. The zero-order valence-corrected chi connectivity index (χ0v) is 55.9. The van der Waals surface area contributed by atoms with Gasteiger partial charge in [0.25, 0.3) is 5.91 Å². The number of alkyl carbamates (subject to hydrolysis) is 1. The third-order valence-corrected chi connectivity index (χ3v) is 16.1. The van der Waals surface area contributed by atoms with Crippen LogP contribution in [-0.2, 0) is 33.4 Å². The normalized spacial score (nSPS) is 18.2. The van der Waals surface area contributed by atoms with E-state index in [4.69, 9.17) is 25.7 Å². The van der Waals surface area contributed by atoms with Crippen LogP contribution < -0.4 is 27.4 Å². The first-order chi connectivity index (χ1) is 41.1. The minimum atomic E-state index is -1.71. The Kier molecular flexibility index (Phi) is 45.1. The number of ether oxygens (including phenoxy) is 3. The van der Waals surface area contributed by atoms with E-state index in [1.807, 2.05) is 0 Å². The van der Waals surface area contributed by atoms with Gasteiger partial charge >= 0.3 is 12.2 Å². The van der Waals surface area contributed by atoms with Crippen molar-refractivity contribution in [2.75, 3.05) is 26.2 Å². The summed E-state index contributed by atoms with van der Waals surface area (Å²) in [6, 6.07) is -5.70. The monoisotopic (exact) mass is 1220 g/mol. The van der Waals surface area contributed by atoms with Crippen molar-refractivity contribution in [2.45, 2.75) is 366 Å². The van der Waals surface area contributed by atoms with Crippen molar-refractivity contribution in [2.24, 2.45) is 11.5 Å². The molecule has 19 nitrogen and oxygen atoms in total. The maximum absolute atomic E-state index is 14.8. The molecule has 6 amide bonds. The second kappa shape index (κ2) is 48.3. The van der Waals surface area contributed by atoms with Crippen molar-refractivity contribution in [3.8, 4) is 0 Å². The molecule has 86 heavy (non-hydrogen) atoms. The number of unbranched alkanes of at least 4 members (excludes halogenated alkanes) is 31. The number of carbonyl (C=O) groups is 6. The summed E-state index contributed by atoms with van der Waals surface area (Å²) >= 11 is 0. The molecule has 1 heterocycles. The van der Waals surface area contributed by atoms with Gasteiger partial charge in [0.15, 0.2) is 6.23 Å². The van der Waals surface area contributed by atoms with Gasteiger partial charge in [-0.1, -0.05) is 200 Å². The van der Waals surface area contributed by atoms with Crippen LogP contribution in [0.4, 0.5) is 9.59 Å². The average Bonchev–Trinajstić information content (AvgIpc) is 1.16. The van der Waals surface area contributed by atoms with Crippen molar-refractivity contribution in [3.05, 3.63) is 0 Å². The standard InChI is InChI=1S/C67H129N7O12/c1-10-12-14-16-18-20-22-24-26-28-30-32-34-36-38-44-50-73(56(76)47-39-37-35-33-31-29-27-25-23-21-19-17-15-13-11-2)63-57(59(78)58(77)55(51-75)84-63)72-60(79)52(3)70-61(80)54(46-41-43-49-69)74(65(83)86-67(7,8)9)62(81)53(45-40-42-48-68)71-64(82)85-66(4,5)6/h52-55,57-59,63,75,77-78H,10-51,68-69H2,1-9H3,(H,70,80)(H,71,82)(H,72,79)/t52-,53-,54-,55+,57+,58+,59+,63+/m0/s1. The molecule has 10 N–H and O–H groups in total. The van der Waals surface area contributed by atoms with Crippen molar-refractivity contribution in [1.82, 2.24) is 25.8 Å². The van der Waals surface area contributed by atoms with E-state index in [0.29, 0.717) is 43.5 Å². The van der Waals surface area contributed by atoms with E-state index in [2.05, 4.69) is 29.8 Å². The smallest absolute Gasteiger partial charge is 0.417 e. The third kappa shape index (κ3) is 36.8. The summed E-state index contributed by atoms with van der Waals surface area (Å²) in [7, 11) is 0. The molecule has 0 radical (unpaired) electrons. The number of nitrogens with one attached hydrogen (secondary N) is 3. The number of hydrogen-bond donors (Lipinski definition) is 8. The van der Waals surface area contributed by atoms with E-state index >= 15 is 0 Å². The lowest BCUT2D eigenvalue weighted by molar-refractivity contribution is -0.231. The number of aliphatic hydroxyl groups excluding tert-OH is 3. The van der Waals surface area contributed by atoms with Gasteiger partial charge < -0.3 is 61.8 Å². The van der Waals surface area contributed by atoms with E-state index in [1.54, 1.807) is 41.5 Å². The molecule has 1 rings (SSSR count). The fraction of sp³-hybridized carbons (Fsp3) is 0.910. The van der Waals surface area contributed by atoms with Crippen LogP contribution in [0.1, 0.15) is 306 Å². The van der Waals surface area contributed by atoms with Gasteiger partial charge in [0, 0.05) is 13.0 Å². The van der Waals surface area contributed by atoms with Crippen LogP contribution in [-0.4, -0.2) is 147 Å². The first-order valence-electron chi connectivity index (χ1n) is 34.6. The first-order valence-corrected chi connectivity index (χ1v) is 34.6. The molecule has 0 unspecified atom stereocenters. The summed E-state index contributed by atoms with van der Waals surface area (Å²) in [5.74, 6) is -2.91. The van der Waals surface area contributed by atoms with Crippen LogP contribution in [0.3, 0.4) is 0 Å². The molecule has 0 aromatic heterocycles. The minimum absolute atomic E-state index is 0.0406. The van der Waals surface area contributed by atoms with Crippen LogP contribution in [0.25, 0.3) is 0 Å². The van der Waals surface area contributed by atoms with Gasteiger partial charge in [0.2, 0.25) is 17.7 Å². The van der Waals surface area contributed by atoms with E-state index < -0.39 is 96.4 Å². The molecule has 8 atom stereocenters. The topological polar surface area (TPSA) is 285 Å². The summed E-state index contributed by atoms with van der Waals surface area (Å²) < 4.78 is 17.5. The Morgan fingerprint density at radius 3 is 1.37 bits per heavy atom. The van der Waals surface area contributed by atoms with Gasteiger partial charge in [-0.25, -0.2) is 14.5 Å². The summed E-state index contributed by atoms with van der Waals surface area (Å²) in [5.41, 5.74) is 9.61. The molecule has 0 aliphatic carbocycles. The maximum atomic E-state index is 14.8. The second-order valence-corrected chi connectivity index (χ2v) is 26.6. The van der Waals surface area contributed by atoms with Gasteiger partial charge in [0.05, 0.1) is 6.61 Å². The molecule has 0 spiro atoms. The highest BCUT2D eigenvalue weighted by atomic mass is 16.6. The Morgan fingerprint density at radius 1 is 0.535 bits per heavy atom. The SMILES string of the molecule is CCCCCCCCCCCCCCCCCCN(C(=O)CCCCCCCCCCCCCCCCC)[C@@H]1O[C@H](CO)[C@@H](O)[C@H](O)[C@H]1NC(=O)[C@H](C)NC(=O)[C@H](CCCCN)N(C(=O)OC(C)(C)C)C(=O)[C@H](CCCCN)NC(=O)OC(C)(C)C. The number of rotatable bonds is 50. The number of nitrogens with zero attached hydrogens (tertiary/aromatic N) is 2. The molecule has 0 saturated carbocycles. The molecular formula is C67H129N7O12. The highest BCUT2D eigenvalue weighted by molar-refractivity contribution is 6.02. The molecule has 504 valence electrons. The quantitative estimate of drug-likeness (QED) is 0.0263. The summed E-state index contributed by atoms with van der Waals surface area (Å²) in [5, 5.41) is 41.5. The Labute approximate surface area is 521 Å². The predicted molar refractivity (Wildman–Crippen MR) is 344 cm³/mol. The first kappa shape index (κ1) is 80.4. The maximum Gasteiger partial charge on any atom is 0.417 e. The minimum Gasteiger partial charge on any atom is -0.444 e. The third-order valence-electron chi connectivity index (χ3n) is 16.1. The number of amides is 6. The fourth-order valence-corrected chi connectivity index (χ4v) is 11.1. The number of aliphatic hydroxyl groups is 3. The molecule has 19 heteroatoms. The average molecular weight is 1220 g/mol. The largest absolute Gasteiger partial charge is 0.444 e. The van der Waals surface area contributed by atoms with Crippen molar-refractivity contribution >= 4 is 35.8 Å². The Balaban J connectivity index is 3.40. The van der Waals surface area contributed by atoms with Crippen molar-refractivity contribution < 1.29 is 58.3 Å². The summed E-state index contributed by atoms with van der Waals surface area (Å²) in [4.78, 5) is 88.0. The molecule has 0 aromatic carbocycles. The van der Waals surface area contributed by atoms with Gasteiger partial charge in [-0.15, -0.1) is 0 Å². The summed E-state index contributed by atoms with van der Waals surface area (Å²) in [6.07, 6.45) is 30.3. The molecule has 1 aliphatic rings. The van der Waals surface area contributed by atoms with Crippen LogP contribution in [0.2, 0.25) is 0 Å². The fourth-order valence-electron chi connectivity index (χ4n) is 11.1. The van der Waals surface area contributed by atoms with Gasteiger partial charge in [-0.3, -0.25) is 19.2 Å². The second-order valence-electron chi connectivity index (χ2n) is 26.6. The van der Waals surface area contributed by atoms with E-state index in [-0.39, 0.29) is 44.7 Å². The number of imide groups is 1. The zero-order valence-electron chi connectivity index (χ0n) is 55.9. The predicted octanol–water partition coefficient (Wildman–Crippen LogP) is 12.1. The molecule has 1 saturated heterocycles. The number of carbonyl (C=O) groups excluding carboxylic acids is 6. The highest BCUT2D eigenvalue weighted by Gasteiger charge is 2.49. The van der Waals surface area contributed by atoms with Crippen LogP contribution in [0, 0.1) is 0 Å². The van der Waals surface area contributed by atoms with Gasteiger partial charge in [-0.2, -0.15) is 0 Å². The summed E-state index contributed by atoms with van der Waals surface area (Å²) in [6.45, 7) is 15.8. The lowest BCUT2D eigenvalue weighted by atomic mass is 9.94. The molecular weight excluding hydrogens is 1090 g/mol. The van der Waals surface area contributed by atoms with E-state index in [1.165, 1.54) is 147 Å². The lowest BCUT2D eigenvalue weighted by Crippen LogP contribution is -2.70. The number of hydrogen-bond acceptors (Lipinski definition) is 14. The van der Waals surface area contributed by atoms with Crippen molar-refractivity contribution in [1.29, 1.82) is 0 Å². The molecule has 0 bridgehead atoms.